The van der Waals surface area contributed by atoms with Crippen LogP contribution in [0.2, 0.25) is 0 Å². The topological polar surface area (TPSA) is 51.2 Å². The Morgan fingerprint density at radius 3 is 2.63 bits per heavy atom. The van der Waals surface area contributed by atoms with Crippen molar-refractivity contribution in [2.75, 3.05) is 20.3 Å². The lowest BCUT2D eigenvalue weighted by atomic mass is 10.1. The molecule has 0 bridgehead atoms. The van der Waals surface area contributed by atoms with Crippen LogP contribution < -0.4 is 4.74 Å². The van der Waals surface area contributed by atoms with Crippen LogP contribution in [0.15, 0.2) is 24.3 Å². The second-order valence-electron chi connectivity index (χ2n) is 5.12. The predicted molar refractivity (Wildman–Crippen MR) is 72.2 cm³/mol. The molecule has 4 nitrogen and oxygen atoms in total. The Hall–Kier alpha value is -1.10. The van der Waals surface area contributed by atoms with E-state index >= 15 is 0 Å². The van der Waals surface area contributed by atoms with Gasteiger partial charge in [0.15, 0.2) is 0 Å². The van der Waals surface area contributed by atoms with Crippen molar-refractivity contribution in [1.29, 1.82) is 0 Å². The molecule has 0 amide bonds. The van der Waals surface area contributed by atoms with E-state index in [4.69, 9.17) is 19.3 Å². The minimum Gasteiger partial charge on any atom is -0.497 e. The Kier molecular flexibility index (Phi) is 4.80. The third kappa shape index (κ3) is 3.93. The number of benzene rings is 1. The largest absolute Gasteiger partial charge is 0.497 e. The average molecular weight is 266 g/mol. The monoisotopic (exact) mass is 266 g/mol. The van der Waals surface area contributed by atoms with Crippen LogP contribution in [0.3, 0.4) is 0 Å². The fourth-order valence-electron chi connectivity index (χ4n) is 2.08. The first-order valence-electron chi connectivity index (χ1n) is 6.67. The molecule has 19 heavy (non-hydrogen) atoms. The van der Waals surface area contributed by atoms with Gasteiger partial charge in [0.05, 0.1) is 26.4 Å². The van der Waals surface area contributed by atoms with Gasteiger partial charge in [-0.1, -0.05) is 12.1 Å². The van der Waals surface area contributed by atoms with Gasteiger partial charge in [-0.3, -0.25) is 0 Å². The van der Waals surface area contributed by atoms with E-state index in [0.29, 0.717) is 13.2 Å². The van der Waals surface area contributed by atoms with Crippen LogP contribution >= 0.6 is 0 Å². The summed E-state index contributed by atoms with van der Waals surface area (Å²) in [7, 11) is 1.66. The van der Waals surface area contributed by atoms with Gasteiger partial charge in [0.25, 0.3) is 0 Å². The number of hydrogen-bond donors (Lipinski definition) is 1. The van der Waals surface area contributed by atoms with Crippen molar-refractivity contribution in [3.8, 4) is 5.75 Å². The number of methoxy groups -OCH3 is 1. The van der Waals surface area contributed by atoms with Crippen molar-refractivity contribution in [1.82, 2.24) is 0 Å². The van der Waals surface area contributed by atoms with Crippen molar-refractivity contribution in [3.63, 3.8) is 0 Å². The Balaban J connectivity index is 1.57. The molecule has 0 radical (unpaired) electrons. The van der Waals surface area contributed by atoms with Gasteiger partial charge in [-0.2, -0.15) is 0 Å². The molecule has 106 valence electrons. The Bertz CT molecular complexity index is 390. The first-order valence-corrected chi connectivity index (χ1v) is 6.67. The normalized spacial score (nSPS) is 25.3. The fourth-order valence-corrected chi connectivity index (χ4v) is 2.08. The maximum Gasteiger partial charge on any atom is 0.118 e. The van der Waals surface area contributed by atoms with Gasteiger partial charge in [0.1, 0.15) is 11.4 Å². The zero-order valence-electron chi connectivity index (χ0n) is 11.6. The molecule has 1 aromatic rings. The Labute approximate surface area is 114 Å². The fraction of sp³-hybridized carbons (Fsp3) is 0.600. The summed E-state index contributed by atoms with van der Waals surface area (Å²) >= 11 is 0. The van der Waals surface area contributed by atoms with Gasteiger partial charge in [0, 0.05) is 6.61 Å². The molecule has 0 spiro atoms. The molecule has 1 heterocycles. The molecule has 1 N–H and O–H groups in total. The van der Waals surface area contributed by atoms with Crippen LogP contribution in [0.25, 0.3) is 0 Å². The van der Waals surface area contributed by atoms with Crippen LogP contribution in [0.4, 0.5) is 0 Å². The SMILES string of the molecule is COc1ccc(COCCC[C@@H]2O[C@@]2(C)CO)cc1. The van der Waals surface area contributed by atoms with Crippen LogP contribution in [-0.2, 0) is 16.1 Å². The third-order valence-electron chi connectivity index (χ3n) is 3.53. The molecular weight excluding hydrogens is 244 g/mol. The highest BCUT2D eigenvalue weighted by Gasteiger charge is 2.50. The lowest BCUT2D eigenvalue weighted by molar-refractivity contribution is 0.115. The average Bonchev–Trinajstić information content (AvgIpc) is 3.11. The molecule has 2 atom stereocenters. The second-order valence-corrected chi connectivity index (χ2v) is 5.12. The molecule has 2 rings (SSSR count). The van der Waals surface area contributed by atoms with Crippen LogP contribution in [-0.4, -0.2) is 37.1 Å². The minimum absolute atomic E-state index is 0.102. The Morgan fingerprint density at radius 1 is 1.32 bits per heavy atom. The first-order chi connectivity index (χ1) is 9.18. The number of hydrogen-bond acceptors (Lipinski definition) is 4. The number of ether oxygens (including phenoxy) is 3. The lowest BCUT2D eigenvalue weighted by Crippen LogP contribution is -2.15. The summed E-state index contributed by atoms with van der Waals surface area (Å²) in [4.78, 5) is 0. The minimum atomic E-state index is -0.296. The highest BCUT2D eigenvalue weighted by Crippen LogP contribution is 2.38. The van der Waals surface area contributed by atoms with E-state index in [1.165, 1.54) is 0 Å². The van der Waals surface area contributed by atoms with Gasteiger partial charge in [-0.25, -0.2) is 0 Å². The zero-order chi connectivity index (χ0) is 13.7. The van der Waals surface area contributed by atoms with Crippen molar-refractivity contribution in [2.24, 2.45) is 0 Å². The molecule has 1 fully saturated rings. The summed E-state index contributed by atoms with van der Waals surface area (Å²) in [6.07, 6.45) is 2.10. The first kappa shape index (κ1) is 14.3. The molecule has 0 aromatic heterocycles. The lowest BCUT2D eigenvalue weighted by Gasteiger charge is -2.05. The molecule has 0 saturated carbocycles. The molecule has 1 saturated heterocycles. The highest BCUT2D eigenvalue weighted by atomic mass is 16.6. The van der Waals surface area contributed by atoms with Gasteiger partial charge in [-0.15, -0.1) is 0 Å². The number of aliphatic hydroxyl groups excluding tert-OH is 1. The van der Waals surface area contributed by atoms with E-state index in [1.807, 2.05) is 31.2 Å². The second kappa shape index (κ2) is 6.37. The molecule has 1 aromatic carbocycles. The maximum absolute atomic E-state index is 9.06. The number of epoxide rings is 1. The quantitative estimate of drug-likeness (QED) is 0.578. The summed E-state index contributed by atoms with van der Waals surface area (Å²) in [5, 5.41) is 9.06. The zero-order valence-corrected chi connectivity index (χ0v) is 11.6. The summed E-state index contributed by atoms with van der Waals surface area (Å²) in [6, 6.07) is 7.88. The standard InChI is InChI=1S/C15H22O4/c1-15(11-16)14(19-15)4-3-9-18-10-12-5-7-13(17-2)8-6-12/h5-8,14,16H,3-4,9-11H2,1-2H3/t14-,15-/m0/s1. The van der Waals surface area contributed by atoms with E-state index in [0.717, 1.165) is 24.2 Å². The number of rotatable bonds is 8. The molecular formula is C15H22O4. The highest BCUT2D eigenvalue weighted by molar-refractivity contribution is 5.26. The van der Waals surface area contributed by atoms with E-state index < -0.39 is 0 Å². The summed E-state index contributed by atoms with van der Waals surface area (Å²) < 4.78 is 16.1. The van der Waals surface area contributed by atoms with Gasteiger partial charge >= 0.3 is 0 Å². The third-order valence-corrected chi connectivity index (χ3v) is 3.53. The van der Waals surface area contributed by atoms with E-state index in [1.54, 1.807) is 7.11 Å². The van der Waals surface area contributed by atoms with Crippen molar-refractivity contribution >= 4 is 0 Å². The number of aliphatic hydroxyl groups is 1. The molecule has 4 heteroatoms. The van der Waals surface area contributed by atoms with E-state index in [2.05, 4.69) is 0 Å². The smallest absolute Gasteiger partial charge is 0.118 e. The predicted octanol–water partition coefficient (Wildman–Crippen LogP) is 2.14. The molecule has 1 aliphatic heterocycles. The van der Waals surface area contributed by atoms with Crippen LogP contribution in [0.5, 0.6) is 5.75 Å². The van der Waals surface area contributed by atoms with Crippen LogP contribution in [0, 0.1) is 0 Å². The maximum atomic E-state index is 9.06. The van der Waals surface area contributed by atoms with Gasteiger partial charge in [-0.05, 0) is 37.5 Å². The van der Waals surface area contributed by atoms with Crippen molar-refractivity contribution in [2.45, 2.75) is 38.1 Å². The van der Waals surface area contributed by atoms with Crippen LogP contribution in [0.1, 0.15) is 25.3 Å². The van der Waals surface area contributed by atoms with Crippen molar-refractivity contribution in [3.05, 3.63) is 29.8 Å². The van der Waals surface area contributed by atoms with E-state index in [-0.39, 0.29) is 18.3 Å². The molecule has 0 unspecified atom stereocenters. The van der Waals surface area contributed by atoms with Gasteiger partial charge in [0.2, 0.25) is 0 Å². The molecule has 1 aliphatic rings. The molecule has 0 aliphatic carbocycles. The van der Waals surface area contributed by atoms with Gasteiger partial charge < -0.3 is 19.3 Å². The van der Waals surface area contributed by atoms with E-state index in [9.17, 15) is 0 Å². The summed E-state index contributed by atoms with van der Waals surface area (Å²) in [6.45, 7) is 3.38. The van der Waals surface area contributed by atoms with Crippen molar-refractivity contribution < 1.29 is 19.3 Å². The summed E-state index contributed by atoms with van der Waals surface area (Å²) in [5.41, 5.74) is 0.847. The Morgan fingerprint density at radius 2 is 2.05 bits per heavy atom. The summed E-state index contributed by atoms with van der Waals surface area (Å²) in [5.74, 6) is 0.859.